The highest BCUT2D eigenvalue weighted by Gasteiger charge is 1.74. The second-order valence-corrected chi connectivity index (χ2v) is 2.34. The van der Waals surface area contributed by atoms with Crippen LogP contribution in [0.15, 0.2) is 0 Å². The Labute approximate surface area is 115 Å². The highest BCUT2D eigenvalue weighted by Crippen LogP contribution is 1.83. The molecule has 0 unspecified atom stereocenters. The van der Waals surface area contributed by atoms with Gasteiger partial charge in [0.15, 0.2) is 0 Å². The van der Waals surface area contributed by atoms with E-state index in [1.165, 1.54) is 12.8 Å². The van der Waals surface area contributed by atoms with Crippen molar-refractivity contribution in [2.24, 2.45) is 0 Å². The molecule has 0 heterocycles. The molecule has 0 aromatic heterocycles. The molecule has 0 bridgehead atoms. The third kappa shape index (κ3) is 127. The molecular formula is C15H46O2. The summed E-state index contributed by atoms with van der Waals surface area (Å²) in [5.74, 6) is 0. The molecule has 0 atom stereocenters. The summed E-state index contributed by atoms with van der Waals surface area (Å²) < 4.78 is 9.47. The van der Waals surface area contributed by atoms with E-state index in [0.717, 1.165) is 19.6 Å². The van der Waals surface area contributed by atoms with Gasteiger partial charge in [0.1, 0.15) is 0 Å². The SMILES string of the molecule is C.C.C.C.C.C.CCCCOC.CCCOC. The van der Waals surface area contributed by atoms with E-state index in [1.807, 2.05) is 0 Å². The minimum atomic E-state index is 0. The van der Waals surface area contributed by atoms with Crippen molar-refractivity contribution in [2.45, 2.75) is 77.7 Å². The van der Waals surface area contributed by atoms with E-state index in [2.05, 4.69) is 13.8 Å². The lowest BCUT2D eigenvalue weighted by Crippen LogP contribution is -1.84. The van der Waals surface area contributed by atoms with Crippen molar-refractivity contribution in [3.63, 3.8) is 0 Å². The lowest BCUT2D eigenvalue weighted by Gasteiger charge is -1.89. The highest BCUT2D eigenvalue weighted by atomic mass is 16.5. The zero-order valence-corrected chi connectivity index (χ0v) is 8.35. The summed E-state index contributed by atoms with van der Waals surface area (Å²) in [6, 6.07) is 0. The summed E-state index contributed by atoms with van der Waals surface area (Å²) in [5, 5.41) is 0. The van der Waals surface area contributed by atoms with Crippen LogP contribution >= 0.6 is 0 Å². The standard InChI is InChI=1S/C5H12O.C4H10O.6CH4/c1-3-4-5-6-2;1-3-4-5-2;;;;;;/h3-5H2,1-2H3;3-4H2,1-2H3;6*1H4. The van der Waals surface area contributed by atoms with Crippen LogP contribution in [0.5, 0.6) is 0 Å². The van der Waals surface area contributed by atoms with Crippen molar-refractivity contribution in [1.82, 2.24) is 0 Å². The Hall–Kier alpha value is -0.0800. The molecule has 0 aliphatic rings. The van der Waals surface area contributed by atoms with Crippen molar-refractivity contribution in [3.05, 3.63) is 0 Å². The van der Waals surface area contributed by atoms with Gasteiger partial charge < -0.3 is 9.47 Å². The Morgan fingerprint density at radius 1 is 0.588 bits per heavy atom. The maximum atomic E-state index is 4.78. The van der Waals surface area contributed by atoms with Gasteiger partial charge in [-0.2, -0.15) is 0 Å². The molecule has 0 fully saturated rings. The van der Waals surface area contributed by atoms with Crippen LogP contribution in [-0.4, -0.2) is 27.4 Å². The molecular weight excluding hydrogens is 212 g/mol. The van der Waals surface area contributed by atoms with Gasteiger partial charge in [0.25, 0.3) is 0 Å². The van der Waals surface area contributed by atoms with Crippen LogP contribution in [0.4, 0.5) is 0 Å². The van der Waals surface area contributed by atoms with E-state index < -0.39 is 0 Å². The van der Waals surface area contributed by atoms with Gasteiger partial charge in [0.2, 0.25) is 0 Å². The van der Waals surface area contributed by atoms with Crippen LogP contribution in [0.2, 0.25) is 0 Å². The number of ether oxygens (including phenoxy) is 2. The minimum absolute atomic E-state index is 0. The van der Waals surface area contributed by atoms with Crippen molar-refractivity contribution in [2.75, 3.05) is 27.4 Å². The molecule has 0 radical (unpaired) electrons. The van der Waals surface area contributed by atoms with Gasteiger partial charge in [-0.05, 0) is 12.8 Å². The molecule has 118 valence electrons. The number of hydrogen-bond acceptors (Lipinski definition) is 2. The van der Waals surface area contributed by atoms with Crippen LogP contribution in [0, 0.1) is 0 Å². The molecule has 0 saturated carbocycles. The monoisotopic (exact) mass is 258 g/mol. The van der Waals surface area contributed by atoms with Gasteiger partial charge in [0.05, 0.1) is 0 Å². The van der Waals surface area contributed by atoms with Crippen LogP contribution < -0.4 is 0 Å². The lowest BCUT2D eigenvalue weighted by molar-refractivity contribution is 0.194. The van der Waals surface area contributed by atoms with E-state index in [0.29, 0.717) is 0 Å². The summed E-state index contributed by atoms with van der Waals surface area (Å²) in [6.45, 7) is 6.04. The van der Waals surface area contributed by atoms with E-state index in [-0.39, 0.29) is 44.6 Å². The van der Waals surface area contributed by atoms with Gasteiger partial charge in [-0.15, -0.1) is 0 Å². The van der Waals surface area contributed by atoms with Crippen LogP contribution in [0.3, 0.4) is 0 Å². The zero-order chi connectivity index (χ0) is 8.95. The molecule has 2 heteroatoms. The predicted octanol–water partition coefficient (Wildman–Crippen LogP) is 6.29. The summed E-state index contributed by atoms with van der Waals surface area (Å²) in [7, 11) is 3.44. The Kier molecular flexibility index (Phi) is 235. The van der Waals surface area contributed by atoms with Crippen LogP contribution in [0.25, 0.3) is 0 Å². The highest BCUT2D eigenvalue weighted by molar-refractivity contribution is 4.26. The minimum Gasteiger partial charge on any atom is -0.385 e. The molecule has 0 aliphatic carbocycles. The molecule has 0 aromatic rings. The fraction of sp³-hybridized carbons (Fsp3) is 1.00. The number of rotatable bonds is 5. The topological polar surface area (TPSA) is 18.5 Å². The summed E-state index contributed by atoms with van der Waals surface area (Å²) in [5.41, 5.74) is 0. The molecule has 0 aromatic carbocycles. The maximum Gasteiger partial charge on any atom is 0.0462 e. The average molecular weight is 259 g/mol. The first-order chi connectivity index (χ1) is 5.33. The van der Waals surface area contributed by atoms with Crippen molar-refractivity contribution in [3.8, 4) is 0 Å². The smallest absolute Gasteiger partial charge is 0.0462 e. The number of unbranched alkanes of at least 4 members (excludes halogenated alkanes) is 1. The second-order valence-electron chi connectivity index (χ2n) is 2.34. The summed E-state index contributed by atoms with van der Waals surface area (Å²) >= 11 is 0. The van der Waals surface area contributed by atoms with Gasteiger partial charge in [-0.25, -0.2) is 0 Å². The molecule has 2 nitrogen and oxygen atoms in total. The van der Waals surface area contributed by atoms with Crippen LogP contribution in [-0.2, 0) is 9.47 Å². The molecule has 0 rings (SSSR count). The Bertz CT molecular complexity index is 42.2. The third-order valence-corrected chi connectivity index (χ3v) is 1.11. The van der Waals surface area contributed by atoms with Gasteiger partial charge in [-0.1, -0.05) is 64.8 Å². The molecule has 0 saturated heterocycles. The fourth-order valence-corrected chi connectivity index (χ4v) is 0.493. The van der Waals surface area contributed by atoms with Crippen LogP contribution in [0.1, 0.15) is 77.7 Å². The van der Waals surface area contributed by atoms with Crippen molar-refractivity contribution in [1.29, 1.82) is 0 Å². The molecule has 0 N–H and O–H groups in total. The Morgan fingerprint density at radius 2 is 0.941 bits per heavy atom. The lowest BCUT2D eigenvalue weighted by atomic mass is 10.4. The van der Waals surface area contributed by atoms with Gasteiger partial charge in [0, 0.05) is 27.4 Å². The normalized spacial score (nSPS) is 5.65. The number of hydrogen-bond donors (Lipinski definition) is 0. The molecule has 0 spiro atoms. The molecule has 17 heavy (non-hydrogen) atoms. The third-order valence-electron chi connectivity index (χ3n) is 1.11. The number of methoxy groups -OCH3 is 2. The first-order valence-corrected chi connectivity index (χ1v) is 4.31. The first-order valence-electron chi connectivity index (χ1n) is 4.31. The maximum absolute atomic E-state index is 4.78. The van der Waals surface area contributed by atoms with Crippen molar-refractivity contribution >= 4 is 0 Å². The van der Waals surface area contributed by atoms with E-state index in [4.69, 9.17) is 9.47 Å². The first kappa shape index (κ1) is 53.9. The van der Waals surface area contributed by atoms with E-state index >= 15 is 0 Å². The fourth-order valence-electron chi connectivity index (χ4n) is 0.493. The van der Waals surface area contributed by atoms with E-state index in [9.17, 15) is 0 Å². The van der Waals surface area contributed by atoms with Gasteiger partial charge in [-0.3, -0.25) is 0 Å². The van der Waals surface area contributed by atoms with Crippen molar-refractivity contribution < 1.29 is 9.47 Å². The molecule has 0 aliphatic heterocycles. The predicted molar refractivity (Wildman–Crippen MR) is 89.3 cm³/mol. The quantitative estimate of drug-likeness (QED) is 0.539. The average Bonchev–Trinajstić information content (AvgIpc) is 2.04. The Balaban J connectivity index is -0.0000000118. The zero-order valence-electron chi connectivity index (χ0n) is 8.35. The summed E-state index contributed by atoms with van der Waals surface area (Å²) in [4.78, 5) is 0. The Morgan fingerprint density at radius 3 is 1.00 bits per heavy atom. The van der Waals surface area contributed by atoms with Gasteiger partial charge >= 0.3 is 0 Å². The second kappa shape index (κ2) is 74.0. The molecule has 0 amide bonds. The van der Waals surface area contributed by atoms with E-state index in [1.54, 1.807) is 14.2 Å². The largest absolute Gasteiger partial charge is 0.385 e. The summed E-state index contributed by atoms with van der Waals surface area (Å²) in [6.07, 6.45) is 3.54.